The van der Waals surface area contributed by atoms with E-state index in [1.807, 2.05) is 0 Å². The summed E-state index contributed by atoms with van der Waals surface area (Å²) >= 11 is 0. The number of hydrogen-bond donors (Lipinski definition) is 0. The van der Waals surface area contributed by atoms with Crippen LogP contribution in [-0.2, 0) is 25.4 Å². The van der Waals surface area contributed by atoms with E-state index in [9.17, 15) is 0 Å². The molecule has 2 aromatic rings. The number of epoxide rings is 2. The van der Waals surface area contributed by atoms with Gasteiger partial charge in [-0.3, -0.25) is 0 Å². The molecule has 4 unspecified atom stereocenters. The molecule has 2 aliphatic heterocycles. The second kappa shape index (κ2) is 23.7. The number of ether oxygens (including phenoxy) is 3. The minimum absolute atomic E-state index is 0.103. The quantitative estimate of drug-likeness (QED) is 0.0572. The molecule has 2 aromatic carbocycles. The Balaban J connectivity index is 1.34. The summed E-state index contributed by atoms with van der Waals surface area (Å²) in [5.41, 5.74) is 1.63. The van der Waals surface area contributed by atoms with E-state index < -0.39 is 11.2 Å². The first-order chi connectivity index (χ1) is 24.2. The maximum absolute atomic E-state index is 7.80. The molecule has 276 valence electrons. The molecule has 2 heterocycles. The molecule has 2 aliphatic rings. The molecule has 3 nitrogen and oxygen atoms in total. The highest BCUT2D eigenvalue weighted by atomic mass is 16.6. The lowest BCUT2D eigenvalue weighted by Gasteiger charge is -2.44. The molecule has 2 saturated heterocycles. The fourth-order valence-corrected chi connectivity index (χ4v) is 8.19. The van der Waals surface area contributed by atoms with E-state index in [1.54, 1.807) is 0 Å². The van der Waals surface area contributed by atoms with Crippen LogP contribution >= 0.6 is 0 Å². The average molecular weight is 675 g/mol. The summed E-state index contributed by atoms with van der Waals surface area (Å²) in [7, 11) is 0. The van der Waals surface area contributed by atoms with Crippen molar-refractivity contribution >= 4 is 0 Å². The normalized spacial score (nSPS) is 19.4. The van der Waals surface area contributed by atoms with Crippen LogP contribution in [0.25, 0.3) is 0 Å². The van der Waals surface area contributed by atoms with Gasteiger partial charge in [-0.25, -0.2) is 0 Å². The fraction of sp³-hybridized carbons (Fsp3) is 0.739. The zero-order chi connectivity index (χ0) is 34.3. The Bertz CT molecular complexity index is 979. The Morgan fingerprint density at radius 3 is 0.959 bits per heavy atom. The third-order valence-electron chi connectivity index (χ3n) is 11.4. The molecule has 0 radical (unpaired) electrons. The van der Waals surface area contributed by atoms with Gasteiger partial charge < -0.3 is 14.2 Å². The van der Waals surface area contributed by atoms with Gasteiger partial charge in [-0.05, 0) is 24.0 Å². The highest BCUT2D eigenvalue weighted by Gasteiger charge is 2.58. The predicted octanol–water partition coefficient (Wildman–Crippen LogP) is 13.8. The Kier molecular flexibility index (Phi) is 19.4. The summed E-state index contributed by atoms with van der Waals surface area (Å²) in [6.07, 6.45) is 34.8. The Labute approximate surface area is 302 Å². The zero-order valence-corrected chi connectivity index (χ0v) is 32.0. The van der Waals surface area contributed by atoms with Crippen molar-refractivity contribution in [3.8, 4) is 0 Å². The van der Waals surface area contributed by atoms with Gasteiger partial charge in [0.2, 0.25) is 0 Å². The van der Waals surface area contributed by atoms with Gasteiger partial charge in [0.1, 0.15) is 23.4 Å². The lowest BCUT2D eigenvalue weighted by Crippen LogP contribution is -2.48. The smallest absolute Gasteiger partial charge is 0.123 e. The van der Waals surface area contributed by atoms with E-state index in [-0.39, 0.29) is 12.2 Å². The largest absolute Gasteiger partial charge is 0.370 e. The van der Waals surface area contributed by atoms with Crippen LogP contribution in [0.15, 0.2) is 60.7 Å². The Morgan fingerprint density at radius 1 is 0.429 bits per heavy atom. The van der Waals surface area contributed by atoms with Gasteiger partial charge in [-0.2, -0.15) is 0 Å². The van der Waals surface area contributed by atoms with E-state index >= 15 is 0 Å². The van der Waals surface area contributed by atoms with E-state index in [1.165, 1.54) is 165 Å². The third kappa shape index (κ3) is 14.1. The molecule has 4 atom stereocenters. The highest BCUT2D eigenvalue weighted by Crippen LogP contribution is 2.52. The number of rotatable bonds is 32. The number of hydrogen-bond acceptors (Lipinski definition) is 3. The lowest BCUT2D eigenvalue weighted by atomic mass is 9.80. The molecule has 2 fully saturated rings. The van der Waals surface area contributed by atoms with Crippen LogP contribution in [0.4, 0.5) is 0 Å². The monoisotopic (exact) mass is 675 g/mol. The average Bonchev–Trinajstić information content (AvgIpc) is 4.07. The summed E-state index contributed by atoms with van der Waals surface area (Å²) in [5, 5.41) is 0. The molecule has 0 amide bonds. The first kappa shape index (κ1) is 40.1. The van der Waals surface area contributed by atoms with Crippen LogP contribution in [0.2, 0.25) is 0 Å². The van der Waals surface area contributed by atoms with Gasteiger partial charge in [-0.1, -0.05) is 229 Å². The van der Waals surface area contributed by atoms with Crippen LogP contribution < -0.4 is 0 Å². The molecule has 0 aliphatic carbocycles. The summed E-state index contributed by atoms with van der Waals surface area (Å²) in [4.78, 5) is 0. The zero-order valence-electron chi connectivity index (χ0n) is 32.0. The maximum atomic E-state index is 7.80. The van der Waals surface area contributed by atoms with Crippen molar-refractivity contribution in [3.63, 3.8) is 0 Å². The van der Waals surface area contributed by atoms with E-state index in [4.69, 9.17) is 14.2 Å². The first-order valence-corrected chi connectivity index (χ1v) is 21.3. The lowest BCUT2D eigenvalue weighted by molar-refractivity contribution is -0.197. The van der Waals surface area contributed by atoms with Crippen LogP contribution in [0.1, 0.15) is 192 Å². The van der Waals surface area contributed by atoms with Crippen molar-refractivity contribution in [1.82, 2.24) is 0 Å². The molecule has 3 heteroatoms. The van der Waals surface area contributed by atoms with Crippen LogP contribution in [0.5, 0.6) is 0 Å². The van der Waals surface area contributed by atoms with Gasteiger partial charge in [0.25, 0.3) is 0 Å². The van der Waals surface area contributed by atoms with Crippen LogP contribution in [0, 0.1) is 0 Å². The molecule has 0 N–H and O–H groups in total. The van der Waals surface area contributed by atoms with E-state index in [0.717, 1.165) is 26.1 Å². The van der Waals surface area contributed by atoms with Gasteiger partial charge in [0.15, 0.2) is 0 Å². The first-order valence-electron chi connectivity index (χ1n) is 21.3. The van der Waals surface area contributed by atoms with Gasteiger partial charge in [0, 0.05) is 0 Å². The second-order valence-corrected chi connectivity index (χ2v) is 15.5. The molecule has 0 aromatic heterocycles. The summed E-state index contributed by atoms with van der Waals surface area (Å²) < 4.78 is 20.2. The summed E-state index contributed by atoms with van der Waals surface area (Å²) in [5.74, 6) is 0. The Hall–Kier alpha value is -1.68. The molecule has 49 heavy (non-hydrogen) atoms. The van der Waals surface area contributed by atoms with Gasteiger partial charge in [0.05, 0.1) is 13.2 Å². The molecule has 4 rings (SSSR count). The number of benzene rings is 2. The second-order valence-electron chi connectivity index (χ2n) is 15.5. The third-order valence-corrected chi connectivity index (χ3v) is 11.4. The van der Waals surface area contributed by atoms with Crippen molar-refractivity contribution in [2.45, 2.75) is 204 Å². The summed E-state index contributed by atoms with van der Waals surface area (Å²) in [6, 6.07) is 22.1. The minimum atomic E-state index is -0.460. The minimum Gasteiger partial charge on any atom is -0.370 e. The Morgan fingerprint density at radius 2 is 0.694 bits per heavy atom. The molecular formula is C46H74O3. The molecule has 0 bridgehead atoms. The fourth-order valence-electron chi connectivity index (χ4n) is 8.19. The molecule has 0 spiro atoms. The highest BCUT2D eigenvalue weighted by molar-refractivity contribution is 5.31. The number of unbranched alkanes of at least 4 members (excludes halogenated alkanes) is 22. The van der Waals surface area contributed by atoms with Crippen LogP contribution in [-0.4, -0.2) is 25.4 Å². The molecule has 0 saturated carbocycles. The molecular weight excluding hydrogens is 601 g/mol. The maximum Gasteiger partial charge on any atom is 0.123 e. The van der Waals surface area contributed by atoms with Gasteiger partial charge >= 0.3 is 0 Å². The standard InChI is InChI=1S/C46H74O3/c1-3-5-7-9-11-13-15-17-19-21-23-31-37-45(43-39-47-43,41-33-27-25-28-34-41)49-46(44-40-48-44,42-35-29-26-30-36-42)38-32-24-22-20-18-16-14-12-10-8-6-4-2/h25-30,33-36,43-44H,3-24,31-32,37-40H2,1-2H3. The summed E-state index contributed by atoms with van der Waals surface area (Å²) in [6.45, 7) is 6.16. The van der Waals surface area contributed by atoms with E-state index in [2.05, 4.69) is 74.5 Å². The van der Waals surface area contributed by atoms with Gasteiger partial charge in [-0.15, -0.1) is 0 Å². The van der Waals surface area contributed by atoms with Crippen molar-refractivity contribution in [2.24, 2.45) is 0 Å². The SMILES string of the molecule is CCCCCCCCCCCCCCC(OC(CCCCCCCCCCCCCC)(c1ccccc1)C1CO1)(c1ccccc1)C1CO1. The van der Waals surface area contributed by atoms with E-state index in [0.29, 0.717) is 0 Å². The van der Waals surface area contributed by atoms with Crippen LogP contribution in [0.3, 0.4) is 0 Å². The topological polar surface area (TPSA) is 34.3 Å². The van der Waals surface area contributed by atoms with Crippen molar-refractivity contribution in [3.05, 3.63) is 71.8 Å². The van der Waals surface area contributed by atoms with Crippen molar-refractivity contribution in [1.29, 1.82) is 0 Å². The predicted molar refractivity (Wildman–Crippen MR) is 208 cm³/mol. The van der Waals surface area contributed by atoms with Crippen molar-refractivity contribution in [2.75, 3.05) is 13.2 Å². The van der Waals surface area contributed by atoms with Crippen molar-refractivity contribution < 1.29 is 14.2 Å².